The highest BCUT2D eigenvalue weighted by molar-refractivity contribution is 4.84. The van der Waals surface area contributed by atoms with E-state index in [0.717, 1.165) is 6.04 Å². The molecule has 0 aromatic carbocycles. The number of rotatable bonds is 7. The van der Waals surface area contributed by atoms with Crippen LogP contribution in [0.4, 0.5) is 0 Å². The van der Waals surface area contributed by atoms with Crippen molar-refractivity contribution in [2.75, 3.05) is 13.6 Å². The highest BCUT2D eigenvalue weighted by atomic mass is 15.3. The molecule has 12 heavy (non-hydrogen) atoms. The minimum absolute atomic E-state index is 0.955. The van der Waals surface area contributed by atoms with E-state index in [1.165, 1.54) is 51.5 Å². The van der Waals surface area contributed by atoms with Gasteiger partial charge in [-0.3, -0.25) is 0 Å². The van der Waals surface area contributed by atoms with Crippen molar-refractivity contribution in [3.8, 4) is 0 Å². The number of likely N-dealkylation sites (N-methyl/N-ethyl adjacent to an activating group) is 1. The molecule has 1 heteroatoms. The van der Waals surface area contributed by atoms with Crippen molar-refractivity contribution in [2.45, 2.75) is 57.9 Å². The van der Waals surface area contributed by atoms with Gasteiger partial charge in [0, 0.05) is 12.6 Å². The molecule has 0 aromatic heterocycles. The SMILES string of the molecule is CCCCCCCCC1CN1C. The van der Waals surface area contributed by atoms with Crippen LogP contribution in [0, 0.1) is 0 Å². The zero-order valence-corrected chi connectivity index (χ0v) is 8.68. The molecule has 1 nitrogen and oxygen atoms in total. The fourth-order valence-corrected chi connectivity index (χ4v) is 1.76. The molecule has 2 atom stereocenters. The summed E-state index contributed by atoms with van der Waals surface area (Å²) >= 11 is 0. The molecule has 2 unspecified atom stereocenters. The molecule has 1 heterocycles. The van der Waals surface area contributed by atoms with Crippen molar-refractivity contribution in [1.29, 1.82) is 0 Å². The molecule has 0 aromatic rings. The van der Waals surface area contributed by atoms with E-state index in [1.54, 1.807) is 0 Å². The van der Waals surface area contributed by atoms with Gasteiger partial charge in [0.05, 0.1) is 0 Å². The number of nitrogens with zero attached hydrogens (tertiary/aromatic N) is 1. The Labute approximate surface area is 77.1 Å². The fraction of sp³-hybridized carbons (Fsp3) is 1.00. The molecule has 72 valence electrons. The molecule has 1 aliphatic heterocycles. The summed E-state index contributed by atoms with van der Waals surface area (Å²) in [6, 6.07) is 0.955. The third-order valence-electron chi connectivity index (χ3n) is 2.88. The first-order chi connectivity index (χ1) is 5.84. The van der Waals surface area contributed by atoms with E-state index in [0.29, 0.717) is 0 Å². The Bertz CT molecular complexity index is 112. The highest BCUT2D eigenvalue weighted by Crippen LogP contribution is 2.20. The van der Waals surface area contributed by atoms with Gasteiger partial charge in [-0.15, -0.1) is 0 Å². The summed E-state index contributed by atoms with van der Waals surface area (Å²) < 4.78 is 0. The average Bonchev–Trinajstić information content (AvgIpc) is 2.74. The third-order valence-corrected chi connectivity index (χ3v) is 2.88. The first kappa shape index (κ1) is 10.0. The quantitative estimate of drug-likeness (QED) is 0.418. The number of hydrogen-bond acceptors (Lipinski definition) is 1. The standard InChI is InChI=1S/C11H23N/c1-3-4-5-6-7-8-9-11-10-12(11)2/h11H,3-10H2,1-2H3. The second-order valence-corrected chi connectivity index (χ2v) is 4.15. The van der Waals surface area contributed by atoms with Crippen molar-refractivity contribution in [2.24, 2.45) is 0 Å². The summed E-state index contributed by atoms with van der Waals surface area (Å²) in [5.41, 5.74) is 0. The lowest BCUT2D eigenvalue weighted by Gasteiger charge is -1.99. The van der Waals surface area contributed by atoms with Crippen molar-refractivity contribution < 1.29 is 0 Å². The zero-order valence-electron chi connectivity index (χ0n) is 8.68. The Balaban J connectivity index is 1.72. The van der Waals surface area contributed by atoms with Crippen LogP contribution in [0.25, 0.3) is 0 Å². The Hall–Kier alpha value is -0.0400. The summed E-state index contributed by atoms with van der Waals surface area (Å²) in [5, 5.41) is 0. The van der Waals surface area contributed by atoms with E-state index >= 15 is 0 Å². The van der Waals surface area contributed by atoms with Crippen molar-refractivity contribution in [3.05, 3.63) is 0 Å². The fourth-order valence-electron chi connectivity index (χ4n) is 1.76. The highest BCUT2D eigenvalue weighted by Gasteiger charge is 2.27. The van der Waals surface area contributed by atoms with Gasteiger partial charge in [0.15, 0.2) is 0 Å². The summed E-state index contributed by atoms with van der Waals surface area (Å²) in [4.78, 5) is 2.44. The van der Waals surface area contributed by atoms with Gasteiger partial charge in [0.2, 0.25) is 0 Å². The van der Waals surface area contributed by atoms with Crippen LogP contribution in [0.2, 0.25) is 0 Å². The lowest BCUT2D eigenvalue weighted by molar-refractivity contribution is 0.536. The molecule has 1 fully saturated rings. The number of hydrogen-bond donors (Lipinski definition) is 0. The molecule has 0 spiro atoms. The van der Waals surface area contributed by atoms with Gasteiger partial charge in [-0.25, -0.2) is 0 Å². The molecule has 0 aliphatic carbocycles. The van der Waals surface area contributed by atoms with Gasteiger partial charge in [-0.05, 0) is 13.5 Å². The van der Waals surface area contributed by atoms with Gasteiger partial charge in [-0.2, -0.15) is 0 Å². The first-order valence-electron chi connectivity index (χ1n) is 5.55. The molecular formula is C11H23N. The van der Waals surface area contributed by atoms with Crippen molar-refractivity contribution in [1.82, 2.24) is 4.90 Å². The topological polar surface area (TPSA) is 3.01 Å². The maximum atomic E-state index is 2.44. The number of unbranched alkanes of at least 4 members (excludes halogenated alkanes) is 5. The molecule has 0 radical (unpaired) electrons. The largest absolute Gasteiger partial charge is 0.301 e. The Morgan fingerprint density at radius 1 is 1.08 bits per heavy atom. The van der Waals surface area contributed by atoms with Gasteiger partial charge >= 0.3 is 0 Å². The Morgan fingerprint density at radius 3 is 2.25 bits per heavy atom. The maximum absolute atomic E-state index is 2.44. The zero-order chi connectivity index (χ0) is 8.81. The van der Waals surface area contributed by atoms with Crippen LogP contribution in [0.5, 0.6) is 0 Å². The summed E-state index contributed by atoms with van der Waals surface area (Å²) in [5.74, 6) is 0. The third kappa shape index (κ3) is 4.10. The summed E-state index contributed by atoms with van der Waals surface area (Å²) in [6.07, 6.45) is 10.1. The molecule has 0 amide bonds. The molecule has 0 N–H and O–H groups in total. The van der Waals surface area contributed by atoms with Crippen molar-refractivity contribution in [3.63, 3.8) is 0 Å². The van der Waals surface area contributed by atoms with Gasteiger partial charge in [0.1, 0.15) is 0 Å². The lowest BCUT2D eigenvalue weighted by Crippen LogP contribution is -1.93. The van der Waals surface area contributed by atoms with Crippen LogP contribution in [0.1, 0.15) is 51.9 Å². The molecular weight excluding hydrogens is 146 g/mol. The van der Waals surface area contributed by atoms with E-state index < -0.39 is 0 Å². The first-order valence-corrected chi connectivity index (χ1v) is 5.55. The van der Waals surface area contributed by atoms with Crippen LogP contribution < -0.4 is 0 Å². The monoisotopic (exact) mass is 169 g/mol. The summed E-state index contributed by atoms with van der Waals surface area (Å²) in [6.45, 7) is 3.63. The Kier molecular flexibility index (Phi) is 4.67. The van der Waals surface area contributed by atoms with Crippen LogP contribution in [-0.4, -0.2) is 24.5 Å². The second-order valence-electron chi connectivity index (χ2n) is 4.15. The predicted octanol–water partition coefficient (Wildman–Crippen LogP) is 3.05. The molecule has 1 aliphatic rings. The van der Waals surface area contributed by atoms with Crippen LogP contribution in [-0.2, 0) is 0 Å². The minimum Gasteiger partial charge on any atom is -0.301 e. The average molecular weight is 169 g/mol. The lowest BCUT2D eigenvalue weighted by atomic mass is 10.1. The van der Waals surface area contributed by atoms with Gasteiger partial charge in [0.25, 0.3) is 0 Å². The summed E-state index contributed by atoms with van der Waals surface area (Å²) in [7, 11) is 2.22. The van der Waals surface area contributed by atoms with E-state index in [2.05, 4.69) is 18.9 Å². The molecule has 1 rings (SSSR count). The van der Waals surface area contributed by atoms with Crippen molar-refractivity contribution >= 4 is 0 Å². The van der Waals surface area contributed by atoms with E-state index in [9.17, 15) is 0 Å². The predicted molar refractivity (Wildman–Crippen MR) is 54.4 cm³/mol. The van der Waals surface area contributed by atoms with E-state index in [-0.39, 0.29) is 0 Å². The van der Waals surface area contributed by atoms with Crippen LogP contribution in [0.3, 0.4) is 0 Å². The van der Waals surface area contributed by atoms with Gasteiger partial charge in [-0.1, -0.05) is 45.4 Å². The normalized spacial score (nSPS) is 27.5. The second kappa shape index (κ2) is 5.58. The van der Waals surface area contributed by atoms with Crippen LogP contribution in [0.15, 0.2) is 0 Å². The smallest absolute Gasteiger partial charge is 0.0220 e. The van der Waals surface area contributed by atoms with Gasteiger partial charge < -0.3 is 4.90 Å². The van der Waals surface area contributed by atoms with E-state index in [4.69, 9.17) is 0 Å². The maximum Gasteiger partial charge on any atom is 0.0220 e. The minimum atomic E-state index is 0.955. The van der Waals surface area contributed by atoms with E-state index in [1.807, 2.05) is 0 Å². The molecule has 1 saturated heterocycles. The molecule has 0 bridgehead atoms. The van der Waals surface area contributed by atoms with Crippen LogP contribution >= 0.6 is 0 Å². The Morgan fingerprint density at radius 2 is 1.67 bits per heavy atom. The molecule has 0 saturated carbocycles.